The van der Waals surface area contributed by atoms with Crippen LogP contribution in [0.2, 0.25) is 0 Å². The van der Waals surface area contributed by atoms with Crippen LogP contribution < -0.4 is 9.64 Å². The highest BCUT2D eigenvalue weighted by Gasteiger charge is 2.26. The fraction of sp³-hybridized carbons (Fsp3) is 0.480. The molecule has 0 unspecified atom stereocenters. The molecule has 1 aromatic carbocycles. The van der Waals surface area contributed by atoms with Crippen LogP contribution in [0, 0.1) is 6.92 Å². The van der Waals surface area contributed by atoms with Crippen LogP contribution in [0.15, 0.2) is 36.7 Å². The van der Waals surface area contributed by atoms with Crippen LogP contribution in [0.4, 0.5) is 5.95 Å². The van der Waals surface area contributed by atoms with Crippen molar-refractivity contribution in [3.8, 4) is 16.9 Å². The van der Waals surface area contributed by atoms with Crippen molar-refractivity contribution < 1.29 is 4.74 Å². The average Bonchev–Trinajstić information content (AvgIpc) is 3.18. The molecule has 7 heteroatoms. The van der Waals surface area contributed by atoms with Gasteiger partial charge in [-0.25, -0.2) is 9.97 Å². The Kier molecular flexibility index (Phi) is 6.74. The number of methoxy groups -OCH3 is 1. The van der Waals surface area contributed by atoms with E-state index in [2.05, 4.69) is 47.2 Å². The molecule has 0 bridgehead atoms. The molecule has 2 aromatic heterocycles. The summed E-state index contributed by atoms with van der Waals surface area (Å²) < 4.78 is 7.36. The van der Waals surface area contributed by atoms with Crippen LogP contribution in [0.5, 0.6) is 5.75 Å². The van der Waals surface area contributed by atoms with E-state index in [-0.39, 0.29) is 0 Å². The summed E-state index contributed by atoms with van der Waals surface area (Å²) >= 11 is 0. The maximum Gasteiger partial charge on any atom is 0.225 e. The van der Waals surface area contributed by atoms with E-state index in [0.717, 1.165) is 73.2 Å². The van der Waals surface area contributed by atoms with Gasteiger partial charge in [-0.15, -0.1) is 0 Å². The monoisotopic (exact) mass is 434 g/mol. The molecule has 170 valence electrons. The first kappa shape index (κ1) is 22.3. The number of hydrogen-bond donors (Lipinski definition) is 0. The van der Waals surface area contributed by atoms with E-state index in [9.17, 15) is 0 Å². The largest absolute Gasteiger partial charge is 0.497 e. The number of piperidine rings is 1. The Hall–Kier alpha value is -2.93. The molecule has 4 rings (SSSR count). The zero-order valence-corrected chi connectivity index (χ0v) is 19.9. The Morgan fingerprint density at radius 1 is 1.12 bits per heavy atom. The molecule has 3 heterocycles. The van der Waals surface area contributed by atoms with Crippen LogP contribution in [0.1, 0.15) is 42.6 Å². The summed E-state index contributed by atoms with van der Waals surface area (Å²) in [5, 5.41) is 4.60. The molecule has 1 fully saturated rings. The highest BCUT2D eigenvalue weighted by Crippen LogP contribution is 2.35. The van der Waals surface area contributed by atoms with Gasteiger partial charge in [0.2, 0.25) is 5.95 Å². The van der Waals surface area contributed by atoms with Gasteiger partial charge in [-0.1, -0.05) is 12.1 Å². The number of rotatable bonds is 7. The summed E-state index contributed by atoms with van der Waals surface area (Å²) in [6.07, 6.45) is 6.35. The van der Waals surface area contributed by atoms with Crippen molar-refractivity contribution in [2.75, 3.05) is 39.2 Å². The van der Waals surface area contributed by atoms with Gasteiger partial charge in [0, 0.05) is 56.6 Å². The fourth-order valence-electron chi connectivity index (χ4n) is 4.39. The zero-order valence-electron chi connectivity index (χ0n) is 19.9. The Morgan fingerprint density at radius 2 is 1.84 bits per heavy atom. The topological polar surface area (TPSA) is 59.3 Å². The van der Waals surface area contributed by atoms with Gasteiger partial charge in [-0.3, -0.25) is 9.58 Å². The molecular formula is C25H34N6O. The SMILES string of the molecule is CCn1cc(CN2CCC(c3nc(N(C)C)ncc3-c3ccc(OC)cc3)CC2)c(C)n1. The lowest BCUT2D eigenvalue weighted by Gasteiger charge is -2.32. The Morgan fingerprint density at radius 3 is 2.44 bits per heavy atom. The molecular weight excluding hydrogens is 400 g/mol. The van der Waals surface area contributed by atoms with Gasteiger partial charge in [0.25, 0.3) is 0 Å². The van der Waals surface area contributed by atoms with E-state index in [4.69, 9.17) is 9.72 Å². The maximum atomic E-state index is 5.33. The first-order valence-corrected chi connectivity index (χ1v) is 11.4. The fourth-order valence-corrected chi connectivity index (χ4v) is 4.39. The van der Waals surface area contributed by atoms with Crippen molar-refractivity contribution in [1.82, 2.24) is 24.6 Å². The average molecular weight is 435 g/mol. The molecule has 32 heavy (non-hydrogen) atoms. The molecule has 0 atom stereocenters. The highest BCUT2D eigenvalue weighted by atomic mass is 16.5. The van der Waals surface area contributed by atoms with Crippen LogP contribution in [0.3, 0.4) is 0 Å². The third-order valence-corrected chi connectivity index (χ3v) is 6.35. The summed E-state index contributed by atoms with van der Waals surface area (Å²) in [5.41, 5.74) is 5.89. The predicted octanol–water partition coefficient (Wildman–Crippen LogP) is 4.12. The molecule has 1 saturated heterocycles. The highest BCUT2D eigenvalue weighted by molar-refractivity contribution is 5.67. The Balaban J connectivity index is 1.53. The molecule has 0 N–H and O–H groups in total. The third-order valence-electron chi connectivity index (χ3n) is 6.35. The normalized spacial score (nSPS) is 15.2. The number of anilines is 1. The lowest BCUT2D eigenvalue weighted by atomic mass is 9.88. The zero-order chi connectivity index (χ0) is 22.7. The molecule has 7 nitrogen and oxygen atoms in total. The van der Waals surface area contributed by atoms with Crippen LogP contribution in [-0.4, -0.2) is 58.9 Å². The van der Waals surface area contributed by atoms with Crippen LogP contribution >= 0.6 is 0 Å². The first-order chi connectivity index (χ1) is 15.5. The number of likely N-dealkylation sites (tertiary alicyclic amines) is 1. The van der Waals surface area contributed by atoms with Crippen molar-refractivity contribution in [3.05, 3.63) is 53.6 Å². The van der Waals surface area contributed by atoms with E-state index in [0.29, 0.717) is 5.92 Å². The minimum absolute atomic E-state index is 0.421. The number of ether oxygens (including phenoxy) is 1. The molecule has 0 amide bonds. The van der Waals surface area contributed by atoms with Crippen LogP contribution in [0.25, 0.3) is 11.1 Å². The standard InChI is InChI=1S/C25H34N6O/c1-6-31-17-21(18(2)28-31)16-30-13-11-20(12-14-30)24-23(15-26-25(27-24)29(3)4)19-7-9-22(32-5)10-8-19/h7-10,15,17,20H,6,11-14,16H2,1-5H3. The van der Waals surface area contributed by atoms with Gasteiger partial charge in [-0.2, -0.15) is 5.10 Å². The smallest absolute Gasteiger partial charge is 0.225 e. The molecule has 0 spiro atoms. The van der Waals surface area contributed by atoms with Gasteiger partial charge >= 0.3 is 0 Å². The van der Waals surface area contributed by atoms with Gasteiger partial charge in [0.15, 0.2) is 0 Å². The quantitative estimate of drug-likeness (QED) is 0.557. The van der Waals surface area contributed by atoms with E-state index in [1.54, 1.807) is 7.11 Å². The number of benzene rings is 1. The summed E-state index contributed by atoms with van der Waals surface area (Å²) in [7, 11) is 5.68. The van der Waals surface area contributed by atoms with Crippen molar-refractivity contribution in [3.63, 3.8) is 0 Å². The second kappa shape index (κ2) is 9.69. The number of hydrogen-bond acceptors (Lipinski definition) is 6. The van der Waals surface area contributed by atoms with Gasteiger partial charge < -0.3 is 9.64 Å². The second-order valence-electron chi connectivity index (χ2n) is 8.74. The Bertz CT molecular complexity index is 1040. The van der Waals surface area contributed by atoms with Gasteiger partial charge in [-0.05, 0) is 57.5 Å². The first-order valence-electron chi connectivity index (χ1n) is 11.4. The minimum atomic E-state index is 0.421. The van der Waals surface area contributed by atoms with E-state index < -0.39 is 0 Å². The summed E-state index contributed by atoms with van der Waals surface area (Å²) in [6, 6.07) is 8.19. The maximum absolute atomic E-state index is 5.33. The van der Waals surface area contributed by atoms with E-state index in [1.165, 1.54) is 5.56 Å². The molecule has 0 saturated carbocycles. The lowest BCUT2D eigenvalue weighted by molar-refractivity contribution is 0.203. The number of nitrogens with zero attached hydrogens (tertiary/aromatic N) is 6. The Labute approximate surface area is 191 Å². The van der Waals surface area contributed by atoms with Crippen molar-refractivity contribution in [1.29, 1.82) is 0 Å². The van der Waals surface area contributed by atoms with Crippen molar-refractivity contribution in [2.45, 2.75) is 45.7 Å². The van der Waals surface area contributed by atoms with Crippen molar-refractivity contribution in [2.24, 2.45) is 0 Å². The molecule has 1 aliphatic rings. The van der Waals surface area contributed by atoms with Gasteiger partial charge in [0.1, 0.15) is 5.75 Å². The van der Waals surface area contributed by atoms with Crippen LogP contribution in [-0.2, 0) is 13.1 Å². The van der Waals surface area contributed by atoms with E-state index >= 15 is 0 Å². The molecule has 0 radical (unpaired) electrons. The molecule has 1 aliphatic heterocycles. The molecule has 0 aliphatic carbocycles. The minimum Gasteiger partial charge on any atom is -0.497 e. The predicted molar refractivity (Wildman–Crippen MR) is 128 cm³/mol. The van der Waals surface area contributed by atoms with E-state index in [1.807, 2.05) is 42.0 Å². The summed E-state index contributed by atoms with van der Waals surface area (Å²) in [5.74, 6) is 2.04. The third kappa shape index (κ3) is 4.78. The van der Waals surface area contributed by atoms with Crippen molar-refractivity contribution >= 4 is 5.95 Å². The van der Waals surface area contributed by atoms with Gasteiger partial charge in [0.05, 0.1) is 18.5 Å². The second-order valence-corrected chi connectivity index (χ2v) is 8.74. The summed E-state index contributed by atoms with van der Waals surface area (Å²) in [4.78, 5) is 14.1. The lowest BCUT2D eigenvalue weighted by Crippen LogP contribution is -2.33. The summed E-state index contributed by atoms with van der Waals surface area (Å²) in [6.45, 7) is 8.25. The number of aromatic nitrogens is 4. The number of aryl methyl sites for hydroxylation is 2. The molecule has 3 aromatic rings.